The topological polar surface area (TPSA) is 47.6 Å². The van der Waals surface area contributed by atoms with Gasteiger partial charge in [-0.1, -0.05) is 6.07 Å². The van der Waals surface area contributed by atoms with Gasteiger partial charge in [0.25, 0.3) is 0 Å². The molecule has 1 N–H and O–H groups in total. The number of nitrogens with one attached hydrogen (secondary N) is 1. The molecule has 2 aliphatic rings. The molecular weight excluding hydrogens is 218 g/mol. The van der Waals surface area contributed by atoms with Gasteiger partial charge >= 0.3 is 5.97 Å². The summed E-state index contributed by atoms with van der Waals surface area (Å²) < 4.78 is 10.3. The Morgan fingerprint density at radius 3 is 3.06 bits per heavy atom. The fourth-order valence-electron chi connectivity index (χ4n) is 2.20. The lowest BCUT2D eigenvalue weighted by Gasteiger charge is -2.27. The van der Waals surface area contributed by atoms with Crippen molar-refractivity contribution in [1.29, 1.82) is 0 Å². The van der Waals surface area contributed by atoms with Gasteiger partial charge in [-0.3, -0.25) is 0 Å². The number of carbonyl (C=O) groups excluding carboxylic acids is 1. The summed E-state index contributed by atoms with van der Waals surface area (Å²) in [5, 5.41) is 3.31. The van der Waals surface area contributed by atoms with Gasteiger partial charge in [-0.25, -0.2) is 4.79 Å². The molecule has 0 aliphatic carbocycles. The number of hydrogen-bond donors (Lipinski definition) is 1. The number of carbonyl (C=O) groups is 1. The lowest BCUT2D eigenvalue weighted by molar-refractivity contribution is -0.103. The van der Waals surface area contributed by atoms with Crippen LogP contribution in [0.2, 0.25) is 0 Å². The van der Waals surface area contributed by atoms with Crippen LogP contribution in [0.1, 0.15) is 22.3 Å². The maximum Gasteiger partial charge on any atom is 0.338 e. The van der Waals surface area contributed by atoms with Gasteiger partial charge in [-0.2, -0.15) is 0 Å². The molecule has 0 spiro atoms. The Kier molecular flexibility index (Phi) is 2.73. The zero-order valence-corrected chi connectivity index (χ0v) is 9.57. The van der Waals surface area contributed by atoms with Gasteiger partial charge in [0.1, 0.15) is 6.10 Å². The van der Waals surface area contributed by atoms with E-state index in [2.05, 4.69) is 5.32 Å². The quantitative estimate of drug-likeness (QED) is 0.788. The SMILES string of the molecule is O=C(OC1COC1)c1cccc2c1CCCN2. The van der Waals surface area contributed by atoms with Gasteiger partial charge < -0.3 is 14.8 Å². The van der Waals surface area contributed by atoms with Crippen LogP contribution in [0.5, 0.6) is 0 Å². The van der Waals surface area contributed by atoms with Crippen molar-refractivity contribution < 1.29 is 14.3 Å². The Morgan fingerprint density at radius 1 is 1.41 bits per heavy atom. The van der Waals surface area contributed by atoms with Gasteiger partial charge in [-0.15, -0.1) is 0 Å². The average Bonchev–Trinajstić information content (AvgIpc) is 2.33. The minimum atomic E-state index is -0.223. The van der Waals surface area contributed by atoms with Crippen LogP contribution in [-0.2, 0) is 15.9 Å². The molecule has 0 bridgehead atoms. The lowest BCUT2D eigenvalue weighted by Crippen LogP contribution is -2.38. The van der Waals surface area contributed by atoms with Crippen LogP contribution < -0.4 is 5.32 Å². The van der Waals surface area contributed by atoms with Gasteiger partial charge in [-0.05, 0) is 30.5 Å². The highest BCUT2D eigenvalue weighted by atomic mass is 16.6. The fourth-order valence-corrected chi connectivity index (χ4v) is 2.20. The van der Waals surface area contributed by atoms with E-state index in [0.29, 0.717) is 18.8 Å². The third-order valence-electron chi connectivity index (χ3n) is 3.20. The minimum absolute atomic E-state index is 0.0603. The number of ether oxygens (including phenoxy) is 2. The maximum atomic E-state index is 12.0. The molecule has 4 heteroatoms. The molecule has 2 aliphatic heterocycles. The first-order chi connectivity index (χ1) is 8.34. The van der Waals surface area contributed by atoms with Crippen molar-refractivity contribution in [3.63, 3.8) is 0 Å². The van der Waals surface area contributed by atoms with Crippen molar-refractivity contribution in [2.45, 2.75) is 18.9 Å². The molecule has 1 aromatic rings. The predicted octanol–water partition coefficient (Wildman–Crippen LogP) is 1.60. The highest BCUT2D eigenvalue weighted by molar-refractivity contribution is 5.93. The largest absolute Gasteiger partial charge is 0.454 e. The lowest BCUT2D eigenvalue weighted by atomic mass is 9.98. The molecule has 4 nitrogen and oxygen atoms in total. The summed E-state index contributed by atoms with van der Waals surface area (Å²) in [6.45, 7) is 2.03. The van der Waals surface area contributed by atoms with Crippen LogP contribution in [0.4, 0.5) is 5.69 Å². The second kappa shape index (κ2) is 4.37. The van der Waals surface area contributed by atoms with Gasteiger partial charge in [0.05, 0.1) is 18.8 Å². The second-order valence-corrected chi connectivity index (χ2v) is 4.43. The van der Waals surface area contributed by atoms with Gasteiger partial charge in [0.2, 0.25) is 0 Å². The van der Waals surface area contributed by atoms with Crippen molar-refractivity contribution >= 4 is 11.7 Å². The summed E-state index contributed by atoms with van der Waals surface area (Å²) in [5.74, 6) is -0.223. The molecule has 1 aromatic carbocycles. The summed E-state index contributed by atoms with van der Waals surface area (Å²) in [7, 11) is 0. The van der Waals surface area contributed by atoms with Crippen molar-refractivity contribution in [3.05, 3.63) is 29.3 Å². The molecule has 0 atom stereocenters. The van der Waals surface area contributed by atoms with Crippen LogP contribution in [-0.4, -0.2) is 31.8 Å². The van der Waals surface area contributed by atoms with E-state index in [0.717, 1.165) is 30.6 Å². The Bertz CT molecular complexity index is 440. The van der Waals surface area contributed by atoms with E-state index in [1.165, 1.54) is 0 Å². The van der Waals surface area contributed by atoms with Crippen molar-refractivity contribution in [1.82, 2.24) is 0 Å². The van der Waals surface area contributed by atoms with E-state index in [1.807, 2.05) is 18.2 Å². The van der Waals surface area contributed by atoms with Crippen LogP contribution in [0.25, 0.3) is 0 Å². The Balaban J connectivity index is 1.83. The number of anilines is 1. The number of fused-ring (bicyclic) bond motifs is 1. The third-order valence-corrected chi connectivity index (χ3v) is 3.20. The highest BCUT2D eigenvalue weighted by Gasteiger charge is 2.25. The first-order valence-corrected chi connectivity index (χ1v) is 5.99. The summed E-state index contributed by atoms with van der Waals surface area (Å²) in [6.07, 6.45) is 1.94. The molecule has 3 rings (SSSR count). The summed E-state index contributed by atoms with van der Waals surface area (Å²) in [4.78, 5) is 12.0. The average molecular weight is 233 g/mol. The zero-order valence-electron chi connectivity index (χ0n) is 9.57. The van der Waals surface area contributed by atoms with E-state index < -0.39 is 0 Å². The first-order valence-electron chi connectivity index (χ1n) is 5.99. The van der Waals surface area contributed by atoms with Crippen molar-refractivity contribution in [2.75, 3.05) is 25.1 Å². The van der Waals surface area contributed by atoms with Crippen molar-refractivity contribution in [2.24, 2.45) is 0 Å². The Morgan fingerprint density at radius 2 is 2.29 bits per heavy atom. The summed E-state index contributed by atoms with van der Waals surface area (Å²) >= 11 is 0. The first kappa shape index (κ1) is 10.6. The molecule has 0 saturated carbocycles. The third kappa shape index (κ3) is 2.00. The van der Waals surface area contributed by atoms with Gasteiger partial charge in [0.15, 0.2) is 0 Å². The Hall–Kier alpha value is -1.55. The molecule has 0 unspecified atom stereocenters. The molecule has 0 amide bonds. The fraction of sp³-hybridized carbons (Fsp3) is 0.462. The van der Waals surface area contributed by atoms with Crippen LogP contribution in [0, 0.1) is 0 Å². The van der Waals surface area contributed by atoms with E-state index in [1.54, 1.807) is 0 Å². The highest BCUT2D eigenvalue weighted by Crippen LogP contribution is 2.26. The second-order valence-electron chi connectivity index (χ2n) is 4.43. The van der Waals surface area contributed by atoms with Gasteiger partial charge in [0, 0.05) is 12.2 Å². The predicted molar refractivity (Wildman–Crippen MR) is 63.3 cm³/mol. The smallest absolute Gasteiger partial charge is 0.338 e. The number of benzene rings is 1. The van der Waals surface area contributed by atoms with E-state index in [4.69, 9.17) is 9.47 Å². The molecule has 17 heavy (non-hydrogen) atoms. The van der Waals surface area contributed by atoms with E-state index >= 15 is 0 Å². The van der Waals surface area contributed by atoms with Crippen molar-refractivity contribution in [3.8, 4) is 0 Å². The zero-order chi connectivity index (χ0) is 11.7. The summed E-state index contributed by atoms with van der Waals surface area (Å²) in [5.41, 5.74) is 2.85. The molecular formula is C13H15NO3. The molecule has 0 aromatic heterocycles. The number of hydrogen-bond acceptors (Lipinski definition) is 4. The van der Waals surface area contributed by atoms with Crippen LogP contribution in [0.3, 0.4) is 0 Å². The number of esters is 1. The normalized spacial score (nSPS) is 18.8. The molecule has 2 heterocycles. The number of rotatable bonds is 2. The van der Waals surface area contributed by atoms with Crippen LogP contribution in [0.15, 0.2) is 18.2 Å². The molecule has 1 fully saturated rings. The monoisotopic (exact) mass is 233 g/mol. The molecule has 90 valence electrons. The summed E-state index contributed by atoms with van der Waals surface area (Å²) in [6, 6.07) is 5.75. The standard InChI is InChI=1S/C13H15NO3/c15-13(17-9-7-16-8-9)11-3-1-5-12-10(11)4-2-6-14-12/h1,3,5,9,14H,2,4,6-8H2. The molecule has 0 radical (unpaired) electrons. The van der Waals surface area contributed by atoms with E-state index in [-0.39, 0.29) is 12.1 Å². The van der Waals surface area contributed by atoms with E-state index in [9.17, 15) is 4.79 Å². The molecule has 1 saturated heterocycles. The maximum absolute atomic E-state index is 12.0. The Labute approximate surface area is 99.9 Å². The minimum Gasteiger partial charge on any atom is -0.454 e. The van der Waals surface area contributed by atoms with Crippen LogP contribution >= 0.6 is 0 Å².